The molecule has 14 nitrogen and oxygen atoms in total. The molecule has 0 radical (unpaired) electrons. The number of thiocarbonyl (C=S) groups is 10. The maximum absolute atomic E-state index is 8.17. The first-order chi connectivity index (χ1) is 20.1. The zero-order valence-corrected chi connectivity index (χ0v) is 44.1. The van der Waals surface area contributed by atoms with E-state index < -0.39 is 6.10 Å². The molecule has 0 aliphatic rings. The summed E-state index contributed by atoms with van der Waals surface area (Å²) in [6.45, 7) is -0.729. The van der Waals surface area contributed by atoms with E-state index in [-0.39, 0.29) is 104 Å². The van der Waals surface area contributed by atoms with Crippen molar-refractivity contribution in [2.24, 2.45) is 57.3 Å². The summed E-state index contributed by atoms with van der Waals surface area (Å²) in [7, 11) is 0. The van der Waals surface area contributed by atoms with Crippen molar-refractivity contribution in [3.63, 3.8) is 0 Å². The molecule has 0 bridgehead atoms. The van der Waals surface area contributed by atoms with Crippen LogP contribution < -0.4 is 57.3 Å². The van der Waals surface area contributed by atoms with Crippen LogP contribution in [0.25, 0.3) is 0 Å². The maximum atomic E-state index is 8.17. The number of nitrogens with two attached hydrogens (primary N) is 10. The van der Waals surface area contributed by atoms with Gasteiger partial charge < -0.3 is 327 Å². The van der Waals surface area contributed by atoms with E-state index in [0.29, 0.717) is 0 Å². The minimum atomic E-state index is -0.954. The second kappa shape index (κ2) is 87.9. The summed E-state index contributed by atoms with van der Waals surface area (Å²) in [6, 6.07) is 0. The van der Waals surface area contributed by atoms with E-state index in [9.17, 15) is 0 Å². The molecule has 0 amide bonds. The fraction of sp³-hybridized carbons (Fsp3) is 0.231. The molecule has 0 fully saturated rings. The second-order valence-electron chi connectivity index (χ2n) is 4.21. The zero-order chi connectivity index (χ0) is 40.8. The Kier molecular flexibility index (Phi) is 167. The molecule has 0 saturated heterocycles. The van der Waals surface area contributed by atoms with Crippen molar-refractivity contribution < 1.29 is 62.9 Å². The third-order valence-corrected chi connectivity index (χ3v) is 0.421. The SMILES string of the molecule is NC(=S)[S-].NC(=S)[S-].NC(=S)[S-].NC(=S)[S-].NC(=S)[S-].NC(=S)[S-].NC(=S)[S-].NC(=S)[S-].NC(=S)[S-].NC(=S)[S-].OCC(O)CO.[Mo+4].[Mo+4].[OH4+2]. The molecule has 0 aromatic rings. The van der Waals surface area contributed by atoms with E-state index in [0.717, 1.165) is 0 Å². The van der Waals surface area contributed by atoms with E-state index in [1.807, 2.05) is 0 Å². The largest absolute Gasteiger partial charge is 4.00 e. The Morgan fingerprint density at radius 2 is 0.388 bits per heavy atom. The monoisotopic (exact) mass is 1230 g/mol. The molecule has 0 aromatic heterocycles. The molecule has 0 aliphatic heterocycles. The molecule has 0 spiro atoms. The predicted octanol–water partition coefficient (Wildman–Crippen LogP) is -5.09. The quantitative estimate of drug-likeness (QED) is 0.0699. The molecule has 290 valence electrons. The van der Waals surface area contributed by atoms with Crippen molar-refractivity contribution in [1.82, 2.24) is 0 Å². The molecule has 0 heterocycles. The van der Waals surface area contributed by atoms with Crippen molar-refractivity contribution in [3.05, 3.63) is 0 Å². The molecule has 49 heavy (non-hydrogen) atoms. The van der Waals surface area contributed by atoms with Crippen LogP contribution in [0.15, 0.2) is 0 Å². The van der Waals surface area contributed by atoms with Gasteiger partial charge in [0.25, 0.3) is 0 Å². The fourth-order valence-electron chi connectivity index (χ4n) is 0.0577. The van der Waals surface area contributed by atoms with Crippen molar-refractivity contribution in [2.75, 3.05) is 13.2 Å². The van der Waals surface area contributed by atoms with Crippen LogP contribution >= 0.6 is 122 Å². The van der Waals surface area contributed by atoms with Gasteiger partial charge in [0, 0.05) is 0 Å². The third-order valence-electron chi connectivity index (χ3n) is 0.421. The minimum absolute atomic E-state index is 0. The number of aliphatic hydroxyl groups is 3. The van der Waals surface area contributed by atoms with Crippen LogP contribution in [-0.4, -0.2) is 77.8 Å². The summed E-state index contributed by atoms with van der Waals surface area (Å²) in [5.41, 5.74) is 46.6. The van der Waals surface area contributed by atoms with Crippen LogP contribution in [-0.2, 0) is 174 Å². The van der Waals surface area contributed by atoms with Gasteiger partial charge in [-0.15, -0.1) is 0 Å². The van der Waals surface area contributed by atoms with Gasteiger partial charge in [-0.3, -0.25) is 0 Å². The Morgan fingerprint density at radius 1 is 0.347 bits per heavy atom. The smallest absolute Gasteiger partial charge is 0.873 e. The van der Waals surface area contributed by atoms with Gasteiger partial charge in [-0.25, -0.2) is 0 Å². The second-order valence-corrected chi connectivity index (χ2v) is 15.6. The molecule has 0 aromatic carbocycles. The Bertz CT molecular complexity index is 597. The summed E-state index contributed by atoms with van der Waals surface area (Å²) in [5.74, 6) is 0. The molecule has 0 saturated carbocycles. The Hall–Kier alpha value is 2.32. The third kappa shape index (κ3) is 2940. The molecule has 0 aliphatic carbocycles. The summed E-state index contributed by atoms with van der Waals surface area (Å²) in [4.78, 5) is 0. The molecule has 0 unspecified atom stereocenters. The van der Waals surface area contributed by atoms with E-state index in [1.165, 1.54) is 0 Å². The predicted molar refractivity (Wildman–Crippen MR) is 268 cm³/mol. The van der Waals surface area contributed by atoms with E-state index in [1.54, 1.807) is 0 Å². The van der Waals surface area contributed by atoms with Crippen molar-refractivity contribution >= 4 is 292 Å². The summed E-state index contributed by atoms with van der Waals surface area (Å²) >= 11 is 82.6. The Morgan fingerprint density at radius 3 is 0.388 bits per heavy atom. The molecule has 0 atom stereocenters. The molecule has 0 rings (SSSR count). The average molecular weight is 1230 g/mol. The molecular weight excluding hydrogens is 1190 g/mol. The van der Waals surface area contributed by atoms with Gasteiger partial charge in [-0.1, -0.05) is 43.2 Å². The van der Waals surface area contributed by atoms with Gasteiger partial charge in [0.05, 0.1) is 13.2 Å². The standard InChI is InChI=1S/C3H8O3.10CH3NS2.2Mo.H4O/c4-1-3(6)2-5;10*2-1(3)4;;;/h3-6H,1-2H2;10*(H3,2,3,4);;;1H4/q;;;;;;;;;;;2*+4;+2/p-10. The van der Waals surface area contributed by atoms with Gasteiger partial charge in [0.2, 0.25) is 0 Å². The number of hydrogen-bond donors (Lipinski definition) is 13. The molecule has 36 heteroatoms. The minimum Gasteiger partial charge on any atom is -0.873 e. The van der Waals surface area contributed by atoms with Crippen molar-refractivity contribution in [3.8, 4) is 0 Å². The summed E-state index contributed by atoms with van der Waals surface area (Å²) in [5, 5.41) is 24.0. The fourth-order valence-corrected chi connectivity index (χ4v) is 0.0577. The van der Waals surface area contributed by atoms with Gasteiger partial charge in [0.1, 0.15) is 6.10 Å². The number of hydrogen-bond acceptors (Lipinski definition) is 23. The van der Waals surface area contributed by atoms with Crippen LogP contribution in [0.2, 0.25) is 0 Å². The van der Waals surface area contributed by atoms with Crippen LogP contribution in [0.5, 0.6) is 0 Å². The first-order valence-corrected chi connectivity index (χ1v) is 16.8. The van der Waals surface area contributed by atoms with E-state index >= 15 is 0 Å². The van der Waals surface area contributed by atoms with Gasteiger partial charge in [-0.2, -0.15) is 0 Å². The van der Waals surface area contributed by atoms with Crippen LogP contribution in [0.3, 0.4) is 0 Å². The normalized spacial score (nSPS) is 6.12. The Balaban J connectivity index is -0.0000000228. The Labute approximate surface area is 424 Å². The summed E-state index contributed by atoms with van der Waals surface area (Å²) < 4.78 is 0.833. The van der Waals surface area contributed by atoms with Crippen LogP contribution in [0.4, 0.5) is 0 Å². The molecular formula is C13H32Mo2N10O4S20. The van der Waals surface area contributed by atoms with Crippen molar-refractivity contribution in [2.45, 2.75) is 6.10 Å². The number of aliphatic hydroxyl groups excluding tert-OH is 3. The van der Waals surface area contributed by atoms with Crippen molar-refractivity contribution in [1.29, 1.82) is 0 Å². The van der Waals surface area contributed by atoms with Crippen LogP contribution in [0.1, 0.15) is 0 Å². The van der Waals surface area contributed by atoms with Gasteiger partial charge >= 0.3 is 42.1 Å². The average Bonchev–Trinajstić information content (AvgIpc) is 2.69. The van der Waals surface area contributed by atoms with E-state index in [2.05, 4.69) is 306 Å². The van der Waals surface area contributed by atoms with Gasteiger partial charge in [0.15, 0.2) is 0 Å². The molecule has 27 N–H and O–H groups in total. The maximum Gasteiger partial charge on any atom is 4.00 e. The summed E-state index contributed by atoms with van der Waals surface area (Å²) in [6.07, 6.45) is -0.954. The topological polar surface area (TPSA) is 355 Å². The first kappa shape index (κ1) is 93.3. The van der Waals surface area contributed by atoms with Gasteiger partial charge in [-0.05, 0) is 0 Å². The zero-order valence-electron chi connectivity index (χ0n) is 23.8. The van der Waals surface area contributed by atoms with E-state index in [4.69, 9.17) is 15.3 Å². The van der Waals surface area contributed by atoms with Crippen LogP contribution in [0, 0.1) is 0 Å². The number of rotatable bonds is 2. The first-order valence-electron chi connectivity index (χ1n) is 8.68.